The minimum absolute atomic E-state index is 0.156. The van der Waals surface area contributed by atoms with E-state index in [1.54, 1.807) is 0 Å². The maximum atomic E-state index is 9.17. The zero-order valence-corrected chi connectivity index (χ0v) is 7.67. The van der Waals surface area contributed by atoms with Gasteiger partial charge in [-0.05, 0) is 32.1 Å². The Morgan fingerprint density at radius 2 is 2.18 bits per heavy atom. The molecule has 0 spiro atoms. The molecule has 0 aromatic rings. The average molecular weight is 169 g/mol. The first-order chi connectivity index (χ1) is 5.20. The topological polar surface area (TPSA) is 40.5 Å². The molecule has 0 aliphatic heterocycles. The van der Waals surface area contributed by atoms with Crippen molar-refractivity contribution in [2.24, 2.45) is 5.92 Å². The summed E-state index contributed by atoms with van der Waals surface area (Å²) in [4.78, 5) is 18.3. The van der Waals surface area contributed by atoms with Gasteiger partial charge in [-0.15, -0.1) is 0 Å². The van der Waals surface area contributed by atoms with Crippen LogP contribution in [0.4, 0.5) is 0 Å². The van der Waals surface area contributed by atoms with Crippen molar-refractivity contribution < 1.29 is 9.59 Å². The summed E-state index contributed by atoms with van der Waals surface area (Å²) in [5, 5.41) is 0. The Bertz CT molecular complexity index is 210. The van der Waals surface area contributed by atoms with Crippen LogP contribution in [0.15, 0.2) is 11.1 Å². The predicted octanol–water partition coefficient (Wildman–Crippen LogP) is 0.960. The summed E-state index contributed by atoms with van der Waals surface area (Å²) in [6, 6.07) is 0. The fraction of sp³-hybridized carbons (Fsp3) is 0.750. The van der Waals surface area contributed by atoms with Crippen LogP contribution in [-0.4, -0.2) is 18.9 Å². The third-order valence-corrected chi connectivity index (χ3v) is 4.56. The summed E-state index contributed by atoms with van der Waals surface area (Å²) in [7, 11) is -2.05. The summed E-state index contributed by atoms with van der Waals surface area (Å²) >= 11 is 0. The fourth-order valence-corrected chi connectivity index (χ4v) is 3.80. The van der Waals surface area contributed by atoms with E-state index in [-0.39, 0.29) is 5.54 Å². The molecule has 2 nitrogen and oxygen atoms in total. The molecule has 2 bridgehead atoms. The molecule has 1 fully saturated rings. The molecule has 0 heterocycles. The highest BCUT2D eigenvalue weighted by Gasteiger charge is 2.42. The molecule has 2 aliphatic rings. The van der Waals surface area contributed by atoms with Gasteiger partial charge in [0.05, 0.1) is 0 Å². The number of hydrogen-bond donors (Lipinski definition) is 2. The van der Waals surface area contributed by atoms with E-state index in [4.69, 9.17) is 9.59 Å². The number of allylic oxidation sites excluding steroid dienone is 2. The maximum Gasteiger partial charge on any atom is 0.387 e. The maximum absolute atomic E-state index is 9.17. The summed E-state index contributed by atoms with van der Waals surface area (Å²) in [6.07, 6.45) is 3.54. The molecular weight excluding hydrogens is 156 g/mol. The molecule has 11 heavy (non-hydrogen) atoms. The van der Waals surface area contributed by atoms with Crippen molar-refractivity contribution in [3.8, 4) is 0 Å². The molecule has 1 radical (unpaired) electrons. The Hall–Kier alpha value is -0.123. The molecule has 0 saturated heterocycles. The summed E-state index contributed by atoms with van der Waals surface area (Å²) in [6.45, 7) is 2.07. The van der Waals surface area contributed by atoms with Gasteiger partial charge >= 0.3 is 9.28 Å². The fourth-order valence-electron chi connectivity index (χ4n) is 2.50. The van der Waals surface area contributed by atoms with Gasteiger partial charge in [-0.2, -0.15) is 0 Å². The minimum Gasteiger partial charge on any atom is -0.409 e. The smallest absolute Gasteiger partial charge is 0.387 e. The van der Waals surface area contributed by atoms with E-state index in [1.165, 1.54) is 24.0 Å². The van der Waals surface area contributed by atoms with Crippen molar-refractivity contribution in [2.75, 3.05) is 0 Å². The predicted molar refractivity (Wildman–Crippen MR) is 44.0 cm³/mol. The second kappa shape index (κ2) is 2.44. The number of hydrogen-bond acceptors (Lipinski definition) is 2. The van der Waals surface area contributed by atoms with Gasteiger partial charge < -0.3 is 9.59 Å². The summed E-state index contributed by atoms with van der Waals surface area (Å²) in [5.41, 5.74) is 2.95. The van der Waals surface area contributed by atoms with Crippen LogP contribution >= 0.6 is 0 Å². The highest BCUT2D eigenvalue weighted by Crippen LogP contribution is 2.51. The largest absolute Gasteiger partial charge is 0.409 e. The Balaban J connectivity index is 2.26. The lowest BCUT2D eigenvalue weighted by molar-refractivity contribution is 0.365. The van der Waals surface area contributed by atoms with E-state index in [1.807, 2.05) is 0 Å². The molecule has 0 aromatic carbocycles. The quantitative estimate of drug-likeness (QED) is 0.453. The van der Waals surface area contributed by atoms with Gasteiger partial charge in [0, 0.05) is 5.54 Å². The van der Waals surface area contributed by atoms with Gasteiger partial charge in [0.1, 0.15) is 0 Å². The Labute approximate surface area is 68.4 Å². The van der Waals surface area contributed by atoms with E-state index in [0.29, 0.717) is 5.92 Å². The lowest BCUT2D eigenvalue weighted by atomic mass is 10.00. The molecule has 2 unspecified atom stereocenters. The van der Waals surface area contributed by atoms with E-state index in [0.717, 1.165) is 6.42 Å². The molecule has 2 N–H and O–H groups in total. The van der Waals surface area contributed by atoms with Crippen molar-refractivity contribution in [3.05, 3.63) is 11.1 Å². The van der Waals surface area contributed by atoms with Crippen molar-refractivity contribution >= 4 is 9.28 Å². The molecule has 3 heteroatoms. The van der Waals surface area contributed by atoms with E-state index >= 15 is 0 Å². The first-order valence-electron chi connectivity index (χ1n) is 4.13. The van der Waals surface area contributed by atoms with Gasteiger partial charge in [0.2, 0.25) is 0 Å². The van der Waals surface area contributed by atoms with E-state index in [2.05, 4.69) is 6.92 Å². The lowest BCUT2D eigenvalue weighted by Gasteiger charge is -2.21. The molecule has 0 amide bonds. The highest BCUT2D eigenvalue weighted by atomic mass is 28.3. The lowest BCUT2D eigenvalue weighted by Crippen LogP contribution is -2.25. The minimum atomic E-state index is -2.05. The van der Waals surface area contributed by atoms with Gasteiger partial charge in [-0.25, -0.2) is 0 Å². The number of rotatable bonds is 1. The van der Waals surface area contributed by atoms with Crippen molar-refractivity contribution in [3.63, 3.8) is 0 Å². The van der Waals surface area contributed by atoms with Crippen LogP contribution < -0.4 is 0 Å². The van der Waals surface area contributed by atoms with E-state index in [9.17, 15) is 0 Å². The van der Waals surface area contributed by atoms with Crippen molar-refractivity contribution in [1.29, 1.82) is 0 Å². The average Bonchev–Trinajstić information content (AvgIpc) is 2.44. The monoisotopic (exact) mass is 169 g/mol. The molecule has 0 aromatic heterocycles. The van der Waals surface area contributed by atoms with Gasteiger partial charge in [-0.1, -0.05) is 11.1 Å². The third kappa shape index (κ3) is 0.990. The van der Waals surface area contributed by atoms with Crippen molar-refractivity contribution in [2.45, 2.75) is 31.7 Å². The van der Waals surface area contributed by atoms with Crippen molar-refractivity contribution in [1.82, 2.24) is 0 Å². The molecule has 2 aliphatic carbocycles. The van der Waals surface area contributed by atoms with Crippen LogP contribution in [-0.2, 0) is 0 Å². The molecule has 2 rings (SSSR count). The second-order valence-electron chi connectivity index (χ2n) is 3.63. The Morgan fingerprint density at radius 1 is 1.45 bits per heavy atom. The van der Waals surface area contributed by atoms with Crippen LogP contribution in [0.1, 0.15) is 26.2 Å². The normalized spacial score (nSPS) is 36.0. The van der Waals surface area contributed by atoms with Crippen LogP contribution in [0, 0.1) is 5.92 Å². The molecule has 2 atom stereocenters. The first-order valence-corrected chi connectivity index (χ1v) is 5.60. The third-order valence-electron chi connectivity index (χ3n) is 3.10. The van der Waals surface area contributed by atoms with Gasteiger partial charge in [0.15, 0.2) is 0 Å². The first kappa shape index (κ1) is 7.52. The summed E-state index contributed by atoms with van der Waals surface area (Å²) < 4.78 is 0. The van der Waals surface area contributed by atoms with Gasteiger partial charge in [0.25, 0.3) is 0 Å². The number of fused-ring (bicyclic) bond motifs is 2. The van der Waals surface area contributed by atoms with Crippen LogP contribution in [0.2, 0.25) is 5.54 Å². The molecule has 61 valence electrons. The zero-order chi connectivity index (χ0) is 8.01. The SMILES string of the molecule is CC1=C2CCC(C2)C1[Si](O)O. The summed E-state index contributed by atoms with van der Waals surface area (Å²) in [5.74, 6) is 0.578. The van der Waals surface area contributed by atoms with Gasteiger partial charge in [-0.3, -0.25) is 0 Å². The Kier molecular flexibility index (Phi) is 1.67. The zero-order valence-electron chi connectivity index (χ0n) is 6.67. The van der Waals surface area contributed by atoms with Crippen LogP contribution in [0.25, 0.3) is 0 Å². The molecular formula is C8H13O2Si. The van der Waals surface area contributed by atoms with E-state index < -0.39 is 9.28 Å². The molecule has 1 saturated carbocycles. The van der Waals surface area contributed by atoms with Crippen LogP contribution in [0.3, 0.4) is 0 Å². The highest BCUT2D eigenvalue weighted by molar-refractivity contribution is 6.44. The van der Waals surface area contributed by atoms with Crippen LogP contribution in [0.5, 0.6) is 0 Å². The second-order valence-corrected chi connectivity index (χ2v) is 4.96. The Morgan fingerprint density at radius 3 is 2.55 bits per heavy atom. The standard InChI is InChI=1S/C8H13O2Si/c1-5-6-2-3-7(4-6)8(5)11(9)10/h7-10H,2-4H2,1H3.